The van der Waals surface area contributed by atoms with E-state index in [1.54, 1.807) is 0 Å². The lowest BCUT2D eigenvalue weighted by molar-refractivity contribution is 0.412. The van der Waals surface area contributed by atoms with Crippen molar-refractivity contribution in [1.82, 2.24) is 15.3 Å². The summed E-state index contributed by atoms with van der Waals surface area (Å²) < 4.78 is 0. The first-order chi connectivity index (χ1) is 7.83. The van der Waals surface area contributed by atoms with Crippen LogP contribution in [0.1, 0.15) is 30.9 Å². The molecular weight excluding hydrogens is 202 g/mol. The molecule has 2 aromatic rings. The second-order valence-electron chi connectivity index (χ2n) is 4.39. The minimum atomic E-state index is -0.135. The smallest absolute Gasteiger partial charge is 0.310 e. The van der Waals surface area contributed by atoms with Crippen molar-refractivity contribution in [2.24, 2.45) is 0 Å². The molecule has 1 unspecified atom stereocenters. The highest BCUT2D eigenvalue weighted by Crippen LogP contribution is 2.24. The molecule has 1 aliphatic rings. The van der Waals surface area contributed by atoms with E-state index >= 15 is 0 Å². The van der Waals surface area contributed by atoms with Crippen LogP contribution in [0.15, 0.2) is 23.0 Å². The maximum absolute atomic E-state index is 11.1. The van der Waals surface area contributed by atoms with Gasteiger partial charge in [-0.05, 0) is 37.1 Å². The van der Waals surface area contributed by atoms with Crippen LogP contribution in [-0.4, -0.2) is 16.5 Å². The van der Waals surface area contributed by atoms with Crippen molar-refractivity contribution >= 4 is 11.0 Å². The molecule has 1 aromatic heterocycles. The molecular formula is C12H15N3O. The number of fused-ring (bicyclic) bond motifs is 1. The van der Waals surface area contributed by atoms with Gasteiger partial charge >= 0.3 is 5.69 Å². The van der Waals surface area contributed by atoms with E-state index < -0.39 is 0 Å². The van der Waals surface area contributed by atoms with Gasteiger partial charge < -0.3 is 15.3 Å². The topological polar surface area (TPSA) is 60.7 Å². The van der Waals surface area contributed by atoms with Gasteiger partial charge in [0.1, 0.15) is 0 Å². The number of benzene rings is 1. The van der Waals surface area contributed by atoms with Gasteiger partial charge in [-0.15, -0.1) is 0 Å². The van der Waals surface area contributed by atoms with Crippen LogP contribution in [-0.2, 0) is 0 Å². The molecule has 3 N–H and O–H groups in total. The first-order valence-corrected chi connectivity index (χ1v) is 5.78. The number of H-pyrrole nitrogens is 2. The van der Waals surface area contributed by atoms with E-state index in [9.17, 15) is 4.79 Å². The summed E-state index contributed by atoms with van der Waals surface area (Å²) in [6, 6.07) is 6.57. The van der Waals surface area contributed by atoms with Crippen LogP contribution in [0.4, 0.5) is 0 Å². The van der Waals surface area contributed by atoms with Gasteiger partial charge in [-0.3, -0.25) is 0 Å². The number of rotatable bonds is 1. The van der Waals surface area contributed by atoms with Gasteiger partial charge in [0.25, 0.3) is 0 Å². The lowest BCUT2D eigenvalue weighted by atomic mass is 9.97. The number of aromatic amines is 2. The molecule has 16 heavy (non-hydrogen) atoms. The Bertz CT molecular complexity index is 549. The van der Waals surface area contributed by atoms with E-state index in [-0.39, 0.29) is 5.69 Å². The second-order valence-corrected chi connectivity index (χ2v) is 4.39. The van der Waals surface area contributed by atoms with Crippen molar-refractivity contribution in [2.75, 3.05) is 6.54 Å². The van der Waals surface area contributed by atoms with E-state index in [0.717, 1.165) is 17.6 Å². The third kappa shape index (κ3) is 1.65. The lowest BCUT2D eigenvalue weighted by Gasteiger charge is -2.23. The van der Waals surface area contributed by atoms with Crippen LogP contribution in [0.5, 0.6) is 0 Å². The normalized spacial score (nSPS) is 21.4. The third-order valence-corrected chi connectivity index (χ3v) is 3.25. The summed E-state index contributed by atoms with van der Waals surface area (Å²) >= 11 is 0. The highest BCUT2D eigenvalue weighted by molar-refractivity contribution is 5.75. The molecule has 2 heterocycles. The Balaban J connectivity index is 2.00. The average Bonchev–Trinajstić information content (AvgIpc) is 2.69. The average molecular weight is 217 g/mol. The molecule has 0 spiro atoms. The lowest BCUT2D eigenvalue weighted by Crippen LogP contribution is -2.26. The zero-order valence-electron chi connectivity index (χ0n) is 9.05. The van der Waals surface area contributed by atoms with Crippen molar-refractivity contribution in [3.05, 3.63) is 34.2 Å². The van der Waals surface area contributed by atoms with Crippen LogP contribution in [0, 0.1) is 0 Å². The molecule has 1 aromatic carbocycles. The monoisotopic (exact) mass is 217 g/mol. The fraction of sp³-hybridized carbons (Fsp3) is 0.417. The van der Waals surface area contributed by atoms with Crippen LogP contribution < -0.4 is 11.0 Å². The van der Waals surface area contributed by atoms with Gasteiger partial charge in [0.05, 0.1) is 11.0 Å². The number of imidazole rings is 1. The summed E-state index contributed by atoms with van der Waals surface area (Å²) in [6.45, 7) is 1.09. The maximum atomic E-state index is 11.1. The molecule has 1 aliphatic heterocycles. The Morgan fingerprint density at radius 1 is 1.12 bits per heavy atom. The summed E-state index contributed by atoms with van der Waals surface area (Å²) in [6.07, 6.45) is 3.72. The highest BCUT2D eigenvalue weighted by atomic mass is 16.1. The van der Waals surface area contributed by atoms with E-state index in [0.29, 0.717) is 6.04 Å². The predicted molar refractivity (Wildman–Crippen MR) is 63.5 cm³/mol. The first-order valence-electron chi connectivity index (χ1n) is 5.78. The van der Waals surface area contributed by atoms with E-state index in [1.807, 2.05) is 6.07 Å². The van der Waals surface area contributed by atoms with Crippen molar-refractivity contribution in [3.63, 3.8) is 0 Å². The molecule has 0 bridgehead atoms. The first kappa shape index (κ1) is 9.66. The van der Waals surface area contributed by atoms with E-state index in [1.165, 1.54) is 24.8 Å². The Hall–Kier alpha value is -1.55. The molecule has 1 atom stereocenters. The molecule has 3 rings (SSSR count). The maximum Gasteiger partial charge on any atom is 0.323 e. The number of aromatic nitrogens is 2. The number of hydrogen-bond acceptors (Lipinski definition) is 2. The van der Waals surface area contributed by atoms with Crippen LogP contribution in [0.3, 0.4) is 0 Å². The van der Waals surface area contributed by atoms with Crippen molar-refractivity contribution in [2.45, 2.75) is 25.3 Å². The van der Waals surface area contributed by atoms with E-state index in [4.69, 9.17) is 0 Å². The Morgan fingerprint density at radius 3 is 2.81 bits per heavy atom. The minimum absolute atomic E-state index is 0.135. The summed E-state index contributed by atoms with van der Waals surface area (Å²) in [5.41, 5.74) is 2.91. The van der Waals surface area contributed by atoms with Crippen molar-refractivity contribution in [3.8, 4) is 0 Å². The van der Waals surface area contributed by atoms with Gasteiger partial charge in [0.2, 0.25) is 0 Å². The molecule has 0 saturated carbocycles. The zero-order chi connectivity index (χ0) is 11.0. The van der Waals surface area contributed by atoms with Gasteiger partial charge in [0, 0.05) is 6.04 Å². The van der Waals surface area contributed by atoms with Gasteiger partial charge in [-0.2, -0.15) is 0 Å². The van der Waals surface area contributed by atoms with Crippen LogP contribution >= 0.6 is 0 Å². The third-order valence-electron chi connectivity index (χ3n) is 3.25. The number of piperidine rings is 1. The quantitative estimate of drug-likeness (QED) is 0.680. The fourth-order valence-electron chi connectivity index (χ4n) is 2.40. The minimum Gasteiger partial charge on any atom is -0.310 e. The fourth-order valence-corrected chi connectivity index (χ4v) is 2.40. The predicted octanol–water partition coefficient (Wildman–Crippen LogP) is 1.67. The molecule has 1 fully saturated rings. The Labute approximate surface area is 93.1 Å². The second kappa shape index (κ2) is 3.79. The summed E-state index contributed by atoms with van der Waals surface area (Å²) in [5, 5.41) is 3.50. The molecule has 4 nitrogen and oxygen atoms in total. The largest absolute Gasteiger partial charge is 0.323 e. The molecule has 0 aliphatic carbocycles. The van der Waals surface area contributed by atoms with Gasteiger partial charge in [0.15, 0.2) is 0 Å². The SMILES string of the molecule is O=c1[nH]c2ccc(C3CCCCN3)cc2[nH]1. The van der Waals surface area contributed by atoms with Crippen molar-refractivity contribution < 1.29 is 0 Å². The number of hydrogen-bond donors (Lipinski definition) is 3. The van der Waals surface area contributed by atoms with Crippen LogP contribution in [0.25, 0.3) is 11.0 Å². The zero-order valence-corrected chi connectivity index (χ0v) is 9.05. The molecule has 0 radical (unpaired) electrons. The number of nitrogens with one attached hydrogen (secondary N) is 3. The van der Waals surface area contributed by atoms with Gasteiger partial charge in [-0.25, -0.2) is 4.79 Å². The molecule has 0 amide bonds. The summed E-state index contributed by atoms with van der Waals surface area (Å²) in [4.78, 5) is 16.7. The van der Waals surface area contributed by atoms with Crippen LogP contribution in [0.2, 0.25) is 0 Å². The molecule has 84 valence electrons. The van der Waals surface area contributed by atoms with Crippen molar-refractivity contribution in [1.29, 1.82) is 0 Å². The summed E-state index contributed by atoms with van der Waals surface area (Å²) in [5.74, 6) is 0. The standard InChI is InChI=1S/C12H15N3O/c16-12-14-10-5-4-8(7-11(10)15-12)9-3-1-2-6-13-9/h4-5,7,9,13H,1-3,6H2,(H2,14,15,16). The Kier molecular flexibility index (Phi) is 2.29. The van der Waals surface area contributed by atoms with E-state index in [2.05, 4.69) is 27.4 Å². The molecule has 4 heteroatoms. The Morgan fingerprint density at radius 2 is 2.00 bits per heavy atom. The highest BCUT2D eigenvalue weighted by Gasteiger charge is 2.14. The molecule has 1 saturated heterocycles. The summed E-state index contributed by atoms with van der Waals surface area (Å²) in [7, 11) is 0. The van der Waals surface area contributed by atoms with Gasteiger partial charge in [-0.1, -0.05) is 12.5 Å².